The summed E-state index contributed by atoms with van der Waals surface area (Å²) in [5, 5.41) is 2.94. The largest absolute Gasteiger partial charge is 0.377 e. The third-order valence-corrected chi connectivity index (χ3v) is 4.55. The van der Waals surface area contributed by atoms with E-state index < -0.39 is 0 Å². The molecule has 1 aromatic rings. The summed E-state index contributed by atoms with van der Waals surface area (Å²) in [6.45, 7) is 12.2. The van der Waals surface area contributed by atoms with Crippen LogP contribution in [0, 0.1) is 11.8 Å². The minimum atomic E-state index is -0.0772. The second-order valence-electron chi connectivity index (χ2n) is 7.51. The summed E-state index contributed by atoms with van der Waals surface area (Å²) in [5.41, 5.74) is 2.83. The molecule has 0 saturated carbocycles. The zero-order valence-corrected chi connectivity index (χ0v) is 16.9. The van der Waals surface area contributed by atoms with E-state index in [0.717, 1.165) is 16.9 Å². The van der Waals surface area contributed by atoms with Crippen LogP contribution >= 0.6 is 0 Å². The number of nitrogens with one attached hydrogen (secondary N) is 1. The highest BCUT2D eigenvalue weighted by Crippen LogP contribution is 2.26. The highest BCUT2D eigenvalue weighted by Gasteiger charge is 2.22. The second kappa shape index (κ2) is 8.88. The Labute approximate surface area is 152 Å². The van der Waals surface area contributed by atoms with Crippen molar-refractivity contribution in [2.45, 2.75) is 54.1 Å². The molecular formula is C20H33N3O2. The summed E-state index contributed by atoms with van der Waals surface area (Å²) >= 11 is 0. The molecule has 0 spiro atoms. The van der Waals surface area contributed by atoms with Gasteiger partial charge in [-0.05, 0) is 36.6 Å². The van der Waals surface area contributed by atoms with Crippen LogP contribution < -0.4 is 10.2 Å². The highest BCUT2D eigenvalue weighted by molar-refractivity contribution is 5.92. The van der Waals surface area contributed by atoms with E-state index in [-0.39, 0.29) is 23.8 Å². The van der Waals surface area contributed by atoms with Gasteiger partial charge in [0.25, 0.3) is 0 Å². The number of carbonyl (C=O) groups excluding carboxylic acids is 2. The molecular weight excluding hydrogens is 314 g/mol. The molecule has 1 atom stereocenters. The van der Waals surface area contributed by atoms with Crippen LogP contribution in [-0.4, -0.2) is 36.9 Å². The topological polar surface area (TPSA) is 52.7 Å². The fourth-order valence-corrected chi connectivity index (χ4v) is 2.60. The molecule has 140 valence electrons. The van der Waals surface area contributed by atoms with Gasteiger partial charge in [-0.1, -0.05) is 27.7 Å². The first-order valence-electron chi connectivity index (χ1n) is 8.92. The van der Waals surface area contributed by atoms with Gasteiger partial charge in [0.15, 0.2) is 0 Å². The van der Waals surface area contributed by atoms with Crippen LogP contribution in [0.2, 0.25) is 0 Å². The summed E-state index contributed by atoms with van der Waals surface area (Å²) in [4.78, 5) is 28.1. The molecule has 0 bridgehead atoms. The number of nitrogens with zero attached hydrogens (tertiary/aromatic N) is 2. The average Bonchev–Trinajstić information content (AvgIpc) is 2.51. The number of amides is 2. The lowest BCUT2D eigenvalue weighted by atomic mass is 10.0. The van der Waals surface area contributed by atoms with Crippen LogP contribution in [0.15, 0.2) is 18.2 Å². The summed E-state index contributed by atoms with van der Waals surface area (Å²) < 4.78 is 0. The minimum Gasteiger partial charge on any atom is -0.377 e. The predicted octanol–water partition coefficient (Wildman–Crippen LogP) is 3.74. The molecule has 2 amide bonds. The zero-order valence-electron chi connectivity index (χ0n) is 16.9. The molecule has 1 N–H and O–H groups in total. The van der Waals surface area contributed by atoms with Crippen molar-refractivity contribution < 1.29 is 9.59 Å². The molecule has 5 heteroatoms. The van der Waals surface area contributed by atoms with Gasteiger partial charge in [-0.2, -0.15) is 0 Å². The van der Waals surface area contributed by atoms with E-state index in [1.807, 2.05) is 55.9 Å². The molecule has 5 nitrogen and oxygen atoms in total. The lowest BCUT2D eigenvalue weighted by Crippen LogP contribution is -2.39. The summed E-state index contributed by atoms with van der Waals surface area (Å²) in [6, 6.07) is 6.01. The van der Waals surface area contributed by atoms with Crippen LogP contribution in [0.25, 0.3) is 0 Å². The summed E-state index contributed by atoms with van der Waals surface area (Å²) in [7, 11) is 3.96. The number of hydrogen-bond acceptors (Lipinski definition) is 3. The van der Waals surface area contributed by atoms with Crippen LogP contribution in [0.1, 0.15) is 47.1 Å². The van der Waals surface area contributed by atoms with Gasteiger partial charge in [0.1, 0.15) is 0 Å². The fraction of sp³-hybridized carbons (Fsp3) is 0.600. The minimum absolute atomic E-state index is 0.0116. The normalized spacial score (nSPS) is 12.2. The Balaban J connectivity index is 3.20. The molecule has 1 rings (SSSR count). The van der Waals surface area contributed by atoms with Crippen LogP contribution in [0.4, 0.5) is 11.4 Å². The average molecular weight is 348 g/mol. The summed E-state index contributed by atoms with van der Waals surface area (Å²) in [5.74, 6) is 0.340. The maximum absolute atomic E-state index is 12.2. The maximum atomic E-state index is 12.2. The van der Waals surface area contributed by atoms with Crippen molar-refractivity contribution in [3.05, 3.63) is 23.8 Å². The van der Waals surface area contributed by atoms with E-state index in [1.165, 1.54) is 0 Å². The Kier molecular flexibility index (Phi) is 7.46. The SMILES string of the molecule is CC(=O)N(Cc1cc(NC(=O)C(C)C)ccc1N(C)C)[C@@H](C)C(C)C. The van der Waals surface area contributed by atoms with E-state index in [0.29, 0.717) is 12.5 Å². The van der Waals surface area contributed by atoms with Crippen molar-refractivity contribution in [3.63, 3.8) is 0 Å². The Morgan fingerprint density at radius 3 is 2.12 bits per heavy atom. The van der Waals surface area contributed by atoms with Crippen molar-refractivity contribution in [1.82, 2.24) is 4.90 Å². The smallest absolute Gasteiger partial charge is 0.226 e. The van der Waals surface area contributed by atoms with E-state index >= 15 is 0 Å². The van der Waals surface area contributed by atoms with E-state index in [2.05, 4.69) is 26.1 Å². The molecule has 0 heterocycles. The van der Waals surface area contributed by atoms with Crippen molar-refractivity contribution >= 4 is 23.2 Å². The van der Waals surface area contributed by atoms with Gasteiger partial charge in [0.05, 0.1) is 0 Å². The number of hydrogen-bond donors (Lipinski definition) is 1. The van der Waals surface area contributed by atoms with Crippen molar-refractivity contribution in [3.8, 4) is 0 Å². The van der Waals surface area contributed by atoms with Crippen LogP contribution in [0.3, 0.4) is 0 Å². The molecule has 0 fully saturated rings. The number of carbonyl (C=O) groups is 2. The van der Waals surface area contributed by atoms with Gasteiger partial charge in [0.2, 0.25) is 11.8 Å². The number of benzene rings is 1. The third kappa shape index (κ3) is 5.76. The van der Waals surface area contributed by atoms with Gasteiger partial charge in [0, 0.05) is 50.9 Å². The van der Waals surface area contributed by atoms with Crippen molar-refractivity contribution in [2.75, 3.05) is 24.3 Å². The molecule has 0 saturated heterocycles. The van der Waals surface area contributed by atoms with Crippen LogP contribution in [0.5, 0.6) is 0 Å². The molecule has 0 aromatic heterocycles. The molecule has 0 aliphatic rings. The van der Waals surface area contributed by atoms with E-state index in [9.17, 15) is 9.59 Å². The molecule has 0 aliphatic carbocycles. The lowest BCUT2D eigenvalue weighted by molar-refractivity contribution is -0.132. The maximum Gasteiger partial charge on any atom is 0.226 e. The molecule has 0 aliphatic heterocycles. The first-order chi connectivity index (χ1) is 11.5. The Hall–Kier alpha value is -2.04. The lowest BCUT2D eigenvalue weighted by Gasteiger charge is -2.32. The number of rotatable bonds is 7. The van der Waals surface area contributed by atoms with E-state index in [1.54, 1.807) is 6.92 Å². The molecule has 25 heavy (non-hydrogen) atoms. The van der Waals surface area contributed by atoms with Gasteiger partial charge < -0.3 is 15.1 Å². The predicted molar refractivity (Wildman–Crippen MR) is 105 cm³/mol. The Morgan fingerprint density at radius 2 is 1.68 bits per heavy atom. The third-order valence-electron chi connectivity index (χ3n) is 4.55. The van der Waals surface area contributed by atoms with E-state index in [4.69, 9.17) is 0 Å². The molecule has 0 radical (unpaired) electrons. The molecule has 0 unspecified atom stereocenters. The van der Waals surface area contributed by atoms with Crippen LogP contribution in [-0.2, 0) is 16.1 Å². The fourth-order valence-electron chi connectivity index (χ4n) is 2.60. The highest BCUT2D eigenvalue weighted by atomic mass is 16.2. The quantitative estimate of drug-likeness (QED) is 0.817. The standard InChI is InChI=1S/C20H33N3O2/c1-13(2)15(5)23(16(6)24)12-17-11-18(21-20(25)14(3)4)9-10-19(17)22(7)8/h9-11,13-15H,12H2,1-8H3,(H,21,25)/t15-/m0/s1. The first-order valence-corrected chi connectivity index (χ1v) is 8.92. The Morgan fingerprint density at radius 1 is 1.08 bits per heavy atom. The van der Waals surface area contributed by atoms with Gasteiger partial charge >= 0.3 is 0 Å². The first kappa shape index (κ1) is 21.0. The zero-order chi connectivity index (χ0) is 19.3. The van der Waals surface area contributed by atoms with Gasteiger partial charge in [-0.25, -0.2) is 0 Å². The summed E-state index contributed by atoms with van der Waals surface area (Å²) in [6.07, 6.45) is 0. The molecule has 1 aromatic carbocycles. The number of anilines is 2. The monoisotopic (exact) mass is 347 g/mol. The van der Waals surface area contributed by atoms with Gasteiger partial charge in [-0.3, -0.25) is 9.59 Å². The van der Waals surface area contributed by atoms with Crippen molar-refractivity contribution in [1.29, 1.82) is 0 Å². The van der Waals surface area contributed by atoms with Crippen molar-refractivity contribution in [2.24, 2.45) is 11.8 Å². The Bertz CT molecular complexity index is 609. The second-order valence-corrected chi connectivity index (χ2v) is 7.51. The van der Waals surface area contributed by atoms with Gasteiger partial charge in [-0.15, -0.1) is 0 Å².